The SMILES string of the molecule is C=C(C)C(=O)OCC(COC(=O)C(=C)C)C(=O)OCC(C)S(=O)(=O)O.[H-].[K+]. The van der Waals surface area contributed by atoms with Gasteiger partial charge in [-0.3, -0.25) is 9.35 Å². The largest absolute Gasteiger partial charge is 1.00 e. The van der Waals surface area contributed by atoms with E-state index in [-0.39, 0.29) is 64.0 Å². The van der Waals surface area contributed by atoms with Crippen LogP contribution in [0.1, 0.15) is 22.2 Å². The second-order valence-electron chi connectivity index (χ2n) is 5.41. The second kappa shape index (κ2) is 12.8. The van der Waals surface area contributed by atoms with Gasteiger partial charge in [-0.1, -0.05) is 13.2 Å². The number of ether oxygens (including phenoxy) is 3. The third-order valence-corrected chi connectivity index (χ3v) is 3.98. The van der Waals surface area contributed by atoms with Crippen molar-refractivity contribution in [3.8, 4) is 0 Å². The molecule has 0 bridgehead atoms. The minimum Gasteiger partial charge on any atom is -1.00 e. The molecule has 0 spiro atoms. The van der Waals surface area contributed by atoms with E-state index in [1.807, 2.05) is 0 Å². The number of hydrogen-bond donors (Lipinski definition) is 1. The molecule has 1 N–H and O–H groups in total. The van der Waals surface area contributed by atoms with E-state index in [9.17, 15) is 22.8 Å². The molecule has 0 aliphatic rings. The maximum atomic E-state index is 12.0. The van der Waals surface area contributed by atoms with Gasteiger partial charge in [0.15, 0.2) is 0 Å². The molecule has 1 unspecified atom stereocenters. The van der Waals surface area contributed by atoms with E-state index in [0.717, 1.165) is 6.92 Å². The van der Waals surface area contributed by atoms with Gasteiger partial charge < -0.3 is 15.6 Å². The molecule has 0 aromatic heterocycles. The Morgan fingerprint density at radius 3 is 1.65 bits per heavy atom. The molecular formula is C15H23KO9S. The minimum absolute atomic E-state index is 0. The minimum atomic E-state index is -4.37. The van der Waals surface area contributed by atoms with Crippen LogP contribution in [0.25, 0.3) is 0 Å². The number of esters is 3. The van der Waals surface area contributed by atoms with E-state index >= 15 is 0 Å². The Hall–Kier alpha value is -0.564. The molecule has 11 heteroatoms. The summed E-state index contributed by atoms with van der Waals surface area (Å²) in [5.74, 6) is -3.65. The van der Waals surface area contributed by atoms with Gasteiger partial charge in [0.1, 0.15) is 31.0 Å². The van der Waals surface area contributed by atoms with Crippen LogP contribution in [-0.2, 0) is 38.7 Å². The van der Waals surface area contributed by atoms with Crippen molar-refractivity contribution < 1.29 is 94.4 Å². The number of carbonyl (C=O) groups is 3. The van der Waals surface area contributed by atoms with Gasteiger partial charge in [-0.15, -0.1) is 0 Å². The molecule has 144 valence electrons. The van der Waals surface area contributed by atoms with Crippen molar-refractivity contribution in [3.05, 3.63) is 24.3 Å². The average molecular weight is 419 g/mol. The Morgan fingerprint density at radius 2 is 1.35 bits per heavy atom. The second-order valence-corrected chi connectivity index (χ2v) is 7.24. The van der Waals surface area contributed by atoms with Gasteiger partial charge in [-0.2, -0.15) is 8.42 Å². The van der Waals surface area contributed by atoms with Gasteiger partial charge in [-0.05, 0) is 20.8 Å². The predicted molar refractivity (Wildman–Crippen MR) is 88.1 cm³/mol. The van der Waals surface area contributed by atoms with Crippen molar-refractivity contribution in [1.29, 1.82) is 0 Å². The van der Waals surface area contributed by atoms with Gasteiger partial charge in [0, 0.05) is 11.1 Å². The van der Waals surface area contributed by atoms with Crippen molar-refractivity contribution in [3.63, 3.8) is 0 Å². The van der Waals surface area contributed by atoms with Crippen molar-refractivity contribution in [2.24, 2.45) is 5.92 Å². The number of rotatable bonds is 10. The first-order valence-corrected chi connectivity index (χ1v) is 8.64. The monoisotopic (exact) mass is 418 g/mol. The molecule has 26 heavy (non-hydrogen) atoms. The third kappa shape index (κ3) is 11.2. The van der Waals surface area contributed by atoms with Gasteiger partial charge in [-0.25, -0.2) is 9.59 Å². The standard InChI is InChI=1S/C15H22O9S.K.H/c1-9(2)13(16)23-7-12(8-24-14(17)10(3)4)15(18)22-6-11(5)25(19,20)21;;/h11-12H,1,3,6-8H2,2,4-5H3,(H,19,20,21);;/q;+1;-1. The van der Waals surface area contributed by atoms with Crippen molar-refractivity contribution in [2.45, 2.75) is 26.0 Å². The molecule has 1 atom stereocenters. The van der Waals surface area contributed by atoms with E-state index in [4.69, 9.17) is 18.8 Å². The summed E-state index contributed by atoms with van der Waals surface area (Å²) in [6.07, 6.45) is 0. The first-order valence-electron chi connectivity index (χ1n) is 7.14. The average Bonchev–Trinajstić information content (AvgIpc) is 2.50. The molecule has 0 saturated carbocycles. The molecule has 0 amide bonds. The summed E-state index contributed by atoms with van der Waals surface area (Å²) in [7, 11) is -4.37. The van der Waals surface area contributed by atoms with Crippen LogP contribution in [-0.4, -0.2) is 55.9 Å². The fourth-order valence-electron chi connectivity index (χ4n) is 1.19. The van der Waals surface area contributed by atoms with E-state index in [1.165, 1.54) is 13.8 Å². The first-order chi connectivity index (χ1) is 11.4. The molecule has 0 heterocycles. The van der Waals surface area contributed by atoms with Crippen LogP contribution in [0.15, 0.2) is 24.3 Å². The van der Waals surface area contributed by atoms with Crippen LogP contribution < -0.4 is 51.4 Å². The smallest absolute Gasteiger partial charge is 1.00 e. The Labute approximate surface area is 196 Å². The molecule has 0 aliphatic heterocycles. The van der Waals surface area contributed by atoms with Crippen molar-refractivity contribution in [1.82, 2.24) is 0 Å². The van der Waals surface area contributed by atoms with Crippen LogP contribution >= 0.6 is 0 Å². The van der Waals surface area contributed by atoms with E-state index in [2.05, 4.69) is 13.2 Å². The molecular weight excluding hydrogens is 395 g/mol. The van der Waals surface area contributed by atoms with Gasteiger partial charge >= 0.3 is 69.3 Å². The van der Waals surface area contributed by atoms with Gasteiger partial charge in [0.25, 0.3) is 10.1 Å². The summed E-state index contributed by atoms with van der Waals surface area (Å²) in [5, 5.41) is -1.34. The molecule has 0 fully saturated rings. The van der Waals surface area contributed by atoms with Gasteiger partial charge in [0.2, 0.25) is 0 Å². The maximum absolute atomic E-state index is 12.0. The fraction of sp³-hybridized carbons (Fsp3) is 0.533. The summed E-state index contributed by atoms with van der Waals surface area (Å²) in [5.41, 5.74) is 0.206. The Kier molecular flexibility index (Phi) is 13.6. The zero-order valence-corrected chi connectivity index (χ0v) is 19.3. The van der Waals surface area contributed by atoms with Crippen LogP contribution in [0.3, 0.4) is 0 Å². The van der Waals surface area contributed by atoms with Crippen LogP contribution in [0.5, 0.6) is 0 Å². The first kappa shape index (κ1) is 27.7. The molecule has 9 nitrogen and oxygen atoms in total. The summed E-state index contributed by atoms with van der Waals surface area (Å²) < 4.78 is 45.1. The molecule has 0 rings (SSSR count). The maximum Gasteiger partial charge on any atom is 1.00 e. The molecule has 0 aliphatic carbocycles. The molecule has 0 radical (unpaired) electrons. The molecule has 0 saturated heterocycles. The topological polar surface area (TPSA) is 133 Å². The third-order valence-electron chi connectivity index (χ3n) is 2.83. The Bertz CT molecular complexity index is 630. The van der Waals surface area contributed by atoms with Gasteiger partial charge in [0.05, 0.1) is 0 Å². The van der Waals surface area contributed by atoms with Crippen molar-refractivity contribution in [2.75, 3.05) is 19.8 Å². The fourth-order valence-corrected chi connectivity index (χ4v) is 1.43. The summed E-state index contributed by atoms with van der Waals surface area (Å²) >= 11 is 0. The van der Waals surface area contributed by atoms with Crippen molar-refractivity contribution >= 4 is 28.0 Å². The van der Waals surface area contributed by atoms with E-state index in [0.29, 0.717) is 0 Å². The normalized spacial score (nSPS) is 11.7. The van der Waals surface area contributed by atoms with Crippen LogP contribution in [0.4, 0.5) is 0 Å². The molecule has 0 aromatic carbocycles. The quantitative estimate of drug-likeness (QED) is 0.138. The summed E-state index contributed by atoms with van der Waals surface area (Å²) in [6, 6.07) is 0. The Morgan fingerprint density at radius 1 is 0.962 bits per heavy atom. The number of hydrogen-bond acceptors (Lipinski definition) is 8. The Balaban J connectivity index is -0.00000288. The zero-order chi connectivity index (χ0) is 19.8. The van der Waals surface area contributed by atoms with E-state index < -0.39 is 59.0 Å². The summed E-state index contributed by atoms with van der Waals surface area (Å²) in [4.78, 5) is 34.8. The molecule has 0 aromatic rings. The van der Waals surface area contributed by atoms with Crippen LogP contribution in [0, 0.1) is 5.92 Å². The zero-order valence-electron chi connectivity index (χ0n) is 16.3. The number of carbonyl (C=O) groups excluding carboxylic acids is 3. The van der Waals surface area contributed by atoms with Crippen LogP contribution in [0.2, 0.25) is 0 Å². The predicted octanol–water partition coefficient (Wildman–Crippen LogP) is -2.22. The van der Waals surface area contributed by atoms with E-state index in [1.54, 1.807) is 0 Å². The summed E-state index contributed by atoms with van der Waals surface area (Å²) in [6.45, 7) is 9.17.